The van der Waals surface area contributed by atoms with Gasteiger partial charge in [0.1, 0.15) is 65.9 Å². The first-order valence-corrected chi connectivity index (χ1v) is 18.2. The molecule has 0 fully saturated rings. The third-order valence-electron chi connectivity index (χ3n) is 7.74. The number of pyridine rings is 1. The molecule has 4 rings (SSSR count). The molecule has 0 spiro atoms. The molecule has 2 aromatic heterocycles. The van der Waals surface area contributed by atoms with E-state index < -0.39 is 30.1 Å². The van der Waals surface area contributed by atoms with Crippen molar-refractivity contribution in [2.24, 2.45) is 23.3 Å². The molecule has 0 bridgehead atoms. The Hall–Kier alpha value is -5.12. The molecule has 6 N–H and O–H groups in total. The van der Waals surface area contributed by atoms with E-state index in [1.807, 2.05) is 27.7 Å². The van der Waals surface area contributed by atoms with Crippen LogP contribution in [-0.4, -0.2) is 53.3 Å². The number of hydrogen-bond donors (Lipinski definition) is 3. The molecular weight excluding hydrogens is 718 g/mol. The molecule has 0 aliphatic rings. The number of thioether (sulfide) groups is 1. The van der Waals surface area contributed by atoms with Crippen LogP contribution in [-0.2, 0) is 24.8 Å². The topological polar surface area (TPSA) is 226 Å². The number of oxazole rings is 1. The van der Waals surface area contributed by atoms with E-state index in [0.717, 1.165) is 5.56 Å². The van der Waals surface area contributed by atoms with Gasteiger partial charge in [-0.25, -0.2) is 9.97 Å². The lowest BCUT2D eigenvalue weighted by atomic mass is 9.97. The summed E-state index contributed by atoms with van der Waals surface area (Å²) in [5, 5.41) is 21.2. The van der Waals surface area contributed by atoms with Gasteiger partial charge in [-0.15, -0.1) is 0 Å². The van der Waals surface area contributed by atoms with Crippen LogP contribution in [0.5, 0.6) is 5.75 Å². The van der Waals surface area contributed by atoms with E-state index in [0.29, 0.717) is 57.1 Å². The minimum absolute atomic E-state index is 0.0330. The highest BCUT2D eigenvalue weighted by atomic mass is 35.5. The fraction of sp³-hybridized carbons (Fsp3) is 0.368. The summed E-state index contributed by atoms with van der Waals surface area (Å²) >= 11 is 7.22. The maximum atomic E-state index is 12.7. The van der Waals surface area contributed by atoms with Crippen LogP contribution in [0.25, 0.3) is 22.6 Å². The van der Waals surface area contributed by atoms with Crippen molar-refractivity contribution >= 4 is 41.1 Å². The number of carbonyl (C=O) groups is 2. The van der Waals surface area contributed by atoms with E-state index in [9.17, 15) is 20.1 Å². The number of nitrogens with two attached hydrogens (primary N) is 3. The van der Waals surface area contributed by atoms with Crippen LogP contribution in [0.3, 0.4) is 0 Å². The number of carbonyl (C=O) groups excluding carboxylic acids is 2. The second-order valence-corrected chi connectivity index (χ2v) is 14.5. The second kappa shape index (κ2) is 19.1. The van der Waals surface area contributed by atoms with Crippen molar-refractivity contribution in [3.8, 4) is 40.5 Å². The quantitative estimate of drug-likeness (QED) is 0.0798. The third-order valence-corrected chi connectivity index (χ3v) is 9.01. The van der Waals surface area contributed by atoms with E-state index in [4.69, 9.17) is 47.4 Å². The predicted octanol–water partition coefficient (Wildman–Crippen LogP) is 6.26. The van der Waals surface area contributed by atoms with Crippen LogP contribution >= 0.6 is 23.4 Å². The Balaban J connectivity index is 1.50. The van der Waals surface area contributed by atoms with Gasteiger partial charge < -0.3 is 35.8 Å². The zero-order valence-corrected chi connectivity index (χ0v) is 31.4. The van der Waals surface area contributed by atoms with Gasteiger partial charge in [0.05, 0.1) is 11.3 Å². The van der Waals surface area contributed by atoms with Crippen molar-refractivity contribution in [1.82, 2.24) is 9.97 Å². The van der Waals surface area contributed by atoms with Crippen LogP contribution in [0, 0.1) is 34.5 Å². The molecule has 0 aliphatic heterocycles. The van der Waals surface area contributed by atoms with Gasteiger partial charge in [0.15, 0.2) is 6.10 Å². The zero-order valence-electron chi connectivity index (χ0n) is 29.9. The molecule has 278 valence electrons. The second-order valence-electron chi connectivity index (χ2n) is 13.1. The number of benzene rings is 2. The molecule has 0 aliphatic carbocycles. The molecule has 13 nitrogen and oxygen atoms in total. The van der Waals surface area contributed by atoms with Crippen molar-refractivity contribution < 1.29 is 28.2 Å². The number of halogens is 1. The largest absolute Gasteiger partial charge is 0.490 e. The van der Waals surface area contributed by atoms with Gasteiger partial charge in [0.2, 0.25) is 5.89 Å². The Bertz CT molecular complexity index is 1960. The monoisotopic (exact) mass is 759 g/mol. The number of hydrogen-bond acceptors (Lipinski definition) is 14. The summed E-state index contributed by atoms with van der Waals surface area (Å²) in [6.07, 6.45) is 1.39. The molecule has 0 saturated carbocycles. The SMILES string of the molecule is CC(C)CC(N)C(=O)O[C@H](COC(=O)[C@@H](N)CC(C)C)COc1ccc(-c2c(C#N)c(N)nc(SCc3coc(-c4ccc(Cl)cc4)n3)c2C#N)cc1. The zero-order chi connectivity index (χ0) is 38.7. The molecule has 2 aromatic carbocycles. The van der Waals surface area contributed by atoms with Crippen LogP contribution < -0.4 is 21.9 Å². The molecule has 0 saturated heterocycles. The maximum absolute atomic E-state index is 12.7. The van der Waals surface area contributed by atoms with Gasteiger partial charge in [0, 0.05) is 21.9 Å². The van der Waals surface area contributed by atoms with Gasteiger partial charge >= 0.3 is 11.9 Å². The van der Waals surface area contributed by atoms with Gasteiger partial charge in [0.25, 0.3) is 0 Å². The lowest BCUT2D eigenvalue weighted by Gasteiger charge is -2.22. The summed E-state index contributed by atoms with van der Waals surface area (Å²) in [5.41, 5.74) is 20.6. The summed E-state index contributed by atoms with van der Waals surface area (Å²) in [6, 6.07) is 16.2. The fourth-order valence-electron chi connectivity index (χ4n) is 5.20. The van der Waals surface area contributed by atoms with Crippen LogP contribution in [0.4, 0.5) is 5.82 Å². The minimum atomic E-state index is -0.975. The highest BCUT2D eigenvalue weighted by molar-refractivity contribution is 7.98. The molecule has 3 atom stereocenters. The first-order valence-electron chi connectivity index (χ1n) is 16.9. The van der Waals surface area contributed by atoms with Crippen molar-refractivity contribution in [1.29, 1.82) is 10.5 Å². The van der Waals surface area contributed by atoms with Crippen molar-refractivity contribution in [3.63, 3.8) is 0 Å². The summed E-state index contributed by atoms with van der Waals surface area (Å²) in [4.78, 5) is 34.1. The fourth-order valence-corrected chi connectivity index (χ4v) is 6.20. The highest BCUT2D eigenvalue weighted by Gasteiger charge is 2.26. The van der Waals surface area contributed by atoms with Crippen LogP contribution in [0.15, 0.2) is 64.2 Å². The van der Waals surface area contributed by atoms with E-state index in [1.54, 1.807) is 48.5 Å². The molecule has 4 aromatic rings. The van der Waals surface area contributed by atoms with Crippen molar-refractivity contribution in [2.45, 2.75) is 69.5 Å². The van der Waals surface area contributed by atoms with E-state index in [-0.39, 0.29) is 42.0 Å². The van der Waals surface area contributed by atoms with E-state index in [1.165, 1.54) is 18.0 Å². The lowest BCUT2D eigenvalue weighted by molar-refractivity contribution is -0.162. The molecule has 0 amide bonds. The summed E-state index contributed by atoms with van der Waals surface area (Å²) in [7, 11) is 0. The standard InChI is InChI=1S/C38H42ClN7O6S/c1-21(2)13-31(42)37(47)51-19-28(52-38(48)32(43)14-22(3)4)18-49-27-11-7-23(8-12-27)33-29(15-40)34(44)46-36(30(33)16-41)53-20-26-17-50-35(45-26)24-5-9-25(39)10-6-24/h5-12,17,21-22,28,31-32H,13-14,18-20,42-43H2,1-4H3,(H2,44,46)/t28-,31-,32?/m0/s1. The molecule has 0 radical (unpaired) electrons. The first kappa shape index (κ1) is 40.6. The number of nitriles is 2. The smallest absolute Gasteiger partial charge is 0.323 e. The summed E-state index contributed by atoms with van der Waals surface area (Å²) in [6.45, 7) is 7.31. The Kier molecular flexibility index (Phi) is 14.6. The van der Waals surface area contributed by atoms with E-state index in [2.05, 4.69) is 22.1 Å². The van der Waals surface area contributed by atoms with Crippen molar-refractivity contribution in [3.05, 3.63) is 76.6 Å². The molecule has 2 heterocycles. The summed E-state index contributed by atoms with van der Waals surface area (Å²) in [5.74, 6) is 0.150. The first-order chi connectivity index (χ1) is 25.3. The predicted molar refractivity (Wildman–Crippen MR) is 201 cm³/mol. The Morgan fingerprint density at radius 3 is 2.08 bits per heavy atom. The molecule has 1 unspecified atom stereocenters. The Labute approximate surface area is 317 Å². The number of nitrogens with zero attached hydrogens (tertiary/aromatic N) is 4. The van der Waals surface area contributed by atoms with Crippen molar-refractivity contribution in [2.75, 3.05) is 18.9 Å². The number of rotatable bonds is 17. The average molecular weight is 760 g/mol. The van der Waals surface area contributed by atoms with Crippen LogP contribution in [0.2, 0.25) is 5.02 Å². The van der Waals surface area contributed by atoms with Crippen LogP contribution in [0.1, 0.15) is 57.4 Å². The highest BCUT2D eigenvalue weighted by Crippen LogP contribution is 2.37. The lowest BCUT2D eigenvalue weighted by Crippen LogP contribution is -2.41. The minimum Gasteiger partial charge on any atom is -0.490 e. The third kappa shape index (κ3) is 11.4. The average Bonchev–Trinajstić information content (AvgIpc) is 3.60. The number of ether oxygens (including phenoxy) is 3. The normalized spacial score (nSPS) is 12.8. The molecule has 15 heteroatoms. The number of nitrogen functional groups attached to an aromatic ring is 1. The van der Waals surface area contributed by atoms with Gasteiger partial charge in [-0.05, 0) is 66.6 Å². The van der Waals surface area contributed by atoms with Gasteiger partial charge in [-0.3, -0.25) is 9.59 Å². The number of anilines is 1. The van der Waals surface area contributed by atoms with Gasteiger partial charge in [-0.2, -0.15) is 10.5 Å². The molecular formula is C38H42ClN7O6S. The number of esters is 2. The Morgan fingerprint density at radius 1 is 0.868 bits per heavy atom. The Morgan fingerprint density at radius 2 is 1.47 bits per heavy atom. The van der Waals surface area contributed by atoms with E-state index >= 15 is 0 Å². The number of aromatic nitrogens is 2. The summed E-state index contributed by atoms with van der Waals surface area (Å²) < 4.78 is 22.5. The maximum Gasteiger partial charge on any atom is 0.323 e. The van der Waals surface area contributed by atoms with Gasteiger partial charge in [-0.1, -0.05) is 63.2 Å². The molecule has 53 heavy (non-hydrogen) atoms.